The molecule has 0 aromatic heterocycles. The summed E-state index contributed by atoms with van der Waals surface area (Å²) in [5.41, 5.74) is 9.05. The van der Waals surface area contributed by atoms with Crippen molar-refractivity contribution in [3.05, 3.63) is 17.7 Å². The number of piperidine rings is 1. The molecule has 1 aromatic rings. The normalized spacial score (nSPS) is 26.1. The van der Waals surface area contributed by atoms with Crippen molar-refractivity contribution in [2.24, 2.45) is 0 Å². The van der Waals surface area contributed by atoms with Gasteiger partial charge in [-0.15, -0.1) is 0 Å². The zero-order chi connectivity index (χ0) is 14.3. The molecule has 3 rings (SSSR count). The highest BCUT2D eigenvalue weighted by molar-refractivity contribution is 5.95. The summed E-state index contributed by atoms with van der Waals surface area (Å²) in [5.74, 6) is 0.0468. The average molecular weight is 275 g/mol. The molecule has 20 heavy (non-hydrogen) atoms. The number of amides is 1. The number of hydrogen-bond acceptors (Lipinski definition) is 4. The van der Waals surface area contributed by atoms with E-state index in [9.17, 15) is 9.90 Å². The maximum atomic E-state index is 11.4. The number of anilines is 3. The highest BCUT2D eigenvalue weighted by Crippen LogP contribution is 2.35. The number of benzene rings is 1. The number of aryl methyl sites for hydroxylation is 1. The summed E-state index contributed by atoms with van der Waals surface area (Å²) in [6.07, 6.45) is 3.05. The minimum Gasteiger partial charge on any atom is -0.397 e. The third-order valence-corrected chi connectivity index (χ3v) is 4.16. The smallest absolute Gasteiger partial charge is 0.224 e. The van der Waals surface area contributed by atoms with Gasteiger partial charge in [0.25, 0.3) is 0 Å². The van der Waals surface area contributed by atoms with Crippen LogP contribution in [0.3, 0.4) is 0 Å². The summed E-state index contributed by atoms with van der Waals surface area (Å²) in [4.78, 5) is 13.6. The van der Waals surface area contributed by atoms with E-state index in [1.165, 1.54) is 0 Å². The van der Waals surface area contributed by atoms with Gasteiger partial charge in [0, 0.05) is 25.2 Å². The number of nitrogens with zero attached hydrogens (tertiary/aromatic N) is 1. The van der Waals surface area contributed by atoms with E-state index in [-0.39, 0.29) is 5.91 Å². The van der Waals surface area contributed by atoms with E-state index in [1.54, 1.807) is 0 Å². The molecule has 1 aromatic carbocycles. The van der Waals surface area contributed by atoms with Gasteiger partial charge in [0.1, 0.15) is 0 Å². The summed E-state index contributed by atoms with van der Waals surface area (Å²) >= 11 is 0. The second-order valence-corrected chi connectivity index (χ2v) is 6.14. The molecule has 0 bridgehead atoms. The zero-order valence-electron chi connectivity index (χ0n) is 11.8. The zero-order valence-corrected chi connectivity index (χ0v) is 11.8. The topological polar surface area (TPSA) is 78.6 Å². The molecule has 0 saturated carbocycles. The van der Waals surface area contributed by atoms with Crippen molar-refractivity contribution in [2.45, 2.75) is 38.2 Å². The lowest BCUT2D eigenvalue weighted by atomic mass is 9.93. The van der Waals surface area contributed by atoms with Gasteiger partial charge in [-0.3, -0.25) is 4.79 Å². The third kappa shape index (κ3) is 2.45. The molecule has 5 heteroatoms. The Labute approximate surface area is 118 Å². The Bertz CT molecular complexity index is 554. The highest BCUT2D eigenvalue weighted by atomic mass is 16.3. The fraction of sp³-hybridized carbons (Fsp3) is 0.533. The fourth-order valence-electron chi connectivity index (χ4n) is 3.13. The number of aliphatic hydroxyl groups is 1. The van der Waals surface area contributed by atoms with Crippen molar-refractivity contribution in [1.29, 1.82) is 0 Å². The first kappa shape index (κ1) is 13.2. The number of fused-ring (bicyclic) bond motifs is 1. The Morgan fingerprint density at radius 1 is 1.40 bits per heavy atom. The van der Waals surface area contributed by atoms with Crippen LogP contribution in [0.25, 0.3) is 0 Å². The number of rotatable bonds is 1. The molecule has 0 spiro atoms. The largest absolute Gasteiger partial charge is 0.397 e. The van der Waals surface area contributed by atoms with Gasteiger partial charge in [-0.25, -0.2) is 0 Å². The summed E-state index contributed by atoms with van der Waals surface area (Å²) in [6, 6.07) is 3.90. The molecule has 4 N–H and O–H groups in total. The summed E-state index contributed by atoms with van der Waals surface area (Å²) in [5, 5.41) is 13.1. The van der Waals surface area contributed by atoms with E-state index >= 15 is 0 Å². The van der Waals surface area contributed by atoms with Gasteiger partial charge < -0.3 is 21.1 Å². The maximum absolute atomic E-state index is 11.4. The van der Waals surface area contributed by atoms with Crippen molar-refractivity contribution in [1.82, 2.24) is 0 Å². The number of carbonyl (C=O) groups excluding carboxylic acids is 1. The van der Waals surface area contributed by atoms with Crippen LogP contribution >= 0.6 is 0 Å². The predicted molar refractivity (Wildman–Crippen MR) is 79.9 cm³/mol. The van der Waals surface area contributed by atoms with Crippen molar-refractivity contribution in [3.8, 4) is 0 Å². The van der Waals surface area contributed by atoms with Gasteiger partial charge >= 0.3 is 0 Å². The van der Waals surface area contributed by atoms with Crippen LogP contribution in [0.15, 0.2) is 12.1 Å². The van der Waals surface area contributed by atoms with Crippen molar-refractivity contribution in [2.75, 3.05) is 29.0 Å². The van der Waals surface area contributed by atoms with E-state index in [1.807, 2.05) is 13.0 Å². The van der Waals surface area contributed by atoms with Crippen LogP contribution in [0.4, 0.5) is 17.1 Å². The third-order valence-electron chi connectivity index (χ3n) is 4.16. The van der Waals surface area contributed by atoms with Crippen LogP contribution in [0.5, 0.6) is 0 Å². The predicted octanol–water partition coefficient (Wildman–Crippen LogP) is 1.50. The number of hydrogen-bond donors (Lipinski definition) is 3. The number of β-amino-alcohol motifs (C(OH)–C–C–N with tert-alkyl or cyclic N) is 1. The molecule has 0 aliphatic carbocycles. The molecule has 2 aliphatic heterocycles. The first-order chi connectivity index (χ1) is 9.44. The summed E-state index contributed by atoms with van der Waals surface area (Å²) < 4.78 is 0. The fourth-order valence-corrected chi connectivity index (χ4v) is 3.13. The van der Waals surface area contributed by atoms with Gasteiger partial charge in [-0.1, -0.05) is 0 Å². The van der Waals surface area contributed by atoms with Crippen LogP contribution in [0, 0.1) is 0 Å². The standard InChI is InChI=1S/C15H21N3O2/c1-15(20)5-2-6-18(9-15)13-7-10-3-4-14(19)17-12(10)8-11(13)16/h7-8,20H,2-6,9,16H2,1H3,(H,17,19). The molecule has 1 saturated heterocycles. The lowest BCUT2D eigenvalue weighted by Crippen LogP contribution is -2.46. The lowest BCUT2D eigenvalue weighted by molar-refractivity contribution is -0.116. The quantitative estimate of drug-likeness (QED) is 0.679. The van der Waals surface area contributed by atoms with Crippen LogP contribution < -0.4 is 16.0 Å². The Hall–Kier alpha value is -1.75. The van der Waals surface area contributed by atoms with Crippen molar-refractivity contribution >= 4 is 23.0 Å². The van der Waals surface area contributed by atoms with Gasteiger partial charge in [-0.05, 0) is 43.9 Å². The Balaban J connectivity index is 1.92. The van der Waals surface area contributed by atoms with E-state index in [2.05, 4.69) is 16.3 Å². The van der Waals surface area contributed by atoms with Gasteiger partial charge in [0.2, 0.25) is 5.91 Å². The Morgan fingerprint density at radius 3 is 2.95 bits per heavy atom. The lowest BCUT2D eigenvalue weighted by Gasteiger charge is -2.39. The second-order valence-electron chi connectivity index (χ2n) is 6.14. The Kier molecular flexibility index (Phi) is 3.09. The number of carbonyl (C=O) groups is 1. The molecule has 5 nitrogen and oxygen atoms in total. The number of nitrogen functional groups attached to an aromatic ring is 1. The molecule has 0 radical (unpaired) electrons. The van der Waals surface area contributed by atoms with E-state index in [4.69, 9.17) is 5.73 Å². The highest BCUT2D eigenvalue weighted by Gasteiger charge is 2.30. The Morgan fingerprint density at radius 2 is 2.20 bits per heavy atom. The second kappa shape index (κ2) is 4.66. The minimum atomic E-state index is -0.658. The number of nitrogens with one attached hydrogen (secondary N) is 1. The monoisotopic (exact) mass is 275 g/mol. The molecular weight excluding hydrogens is 254 g/mol. The SMILES string of the molecule is CC1(O)CCCN(c2cc3c(cc2N)NC(=O)CC3)C1. The van der Waals surface area contributed by atoms with E-state index in [0.717, 1.165) is 42.7 Å². The van der Waals surface area contributed by atoms with Crippen molar-refractivity contribution < 1.29 is 9.90 Å². The van der Waals surface area contributed by atoms with Gasteiger partial charge in [-0.2, -0.15) is 0 Å². The van der Waals surface area contributed by atoms with Crippen molar-refractivity contribution in [3.63, 3.8) is 0 Å². The molecule has 1 amide bonds. The molecule has 1 atom stereocenters. The summed E-state index contributed by atoms with van der Waals surface area (Å²) in [7, 11) is 0. The van der Waals surface area contributed by atoms with Crippen LogP contribution in [-0.2, 0) is 11.2 Å². The first-order valence-electron chi connectivity index (χ1n) is 7.14. The maximum Gasteiger partial charge on any atom is 0.224 e. The number of nitrogens with two attached hydrogens (primary N) is 1. The van der Waals surface area contributed by atoms with E-state index < -0.39 is 5.60 Å². The first-order valence-corrected chi connectivity index (χ1v) is 7.14. The molecule has 108 valence electrons. The molecule has 1 unspecified atom stereocenters. The van der Waals surface area contributed by atoms with Crippen LogP contribution in [0.2, 0.25) is 0 Å². The van der Waals surface area contributed by atoms with E-state index in [0.29, 0.717) is 18.7 Å². The van der Waals surface area contributed by atoms with Crippen LogP contribution in [0.1, 0.15) is 31.7 Å². The molecule has 2 aliphatic rings. The van der Waals surface area contributed by atoms with Gasteiger partial charge in [0.15, 0.2) is 0 Å². The minimum absolute atomic E-state index is 0.0468. The molecular formula is C15H21N3O2. The van der Waals surface area contributed by atoms with Gasteiger partial charge in [0.05, 0.1) is 17.0 Å². The van der Waals surface area contributed by atoms with Crippen LogP contribution in [-0.4, -0.2) is 29.7 Å². The summed E-state index contributed by atoms with van der Waals surface area (Å²) in [6.45, 7) is 3.38. The molecule has 1 fully saturated rings. The molecule has 2 heterocycles. The average Bonchev–Trinajstić information content (AvgIpc) is 2.36.